The lowest BCUT2D eigenvalue weighted by atomic mass is 9.98. The van der Waals surface area contributed by atoms with E-state index < -0.39 is 0 Å². The molecule has 0 radical (unpaired) electrons. The van der Waals surface area contributed by atoms with Crippen molar-refractivity contribution in [1.82, 2.24) is 4.90 Å². The first-order valence-electron chi connectivity index (χ1n) is 11.4. The Morgan fingerprint density at radius 2 is 1.97 bits per heavy atom. The average molecular weight is 468 g/mol. The molecule has 0 amide bonds. The minimum absolute atomic E-state index is 0.164. The van der Waals surface area contributed by atoms with Crippen LogP contribution >= 0.6 is 0 Å². The fourth-order valence-electron chi connectivity index (χ4n) is 4.85. The van der Waals surface area contributed by atoms with Gasteiger partial charge in [0, 0.05) is 25.3 Å². The number of rotatable bonds is 6. The number of allylic oxidation sites excluding steroid dienone is 1. The third-order valence-corrected chi connectivity index (χ3v) is 6.49. The SMILES string of the molecule is COc1ccc(/C=C2\Oc3c4c(cc(C)c3C2=O)OCN(CC2CCCO2)C4)c(OC)c1OC. The van der Waals surface area contributed by atoms with E-state index in [1.165, 1.54) is 0 Å². The van der Waals surface area contributed by atoms with E-state index in [1.807, 2.05) is 19.1 Å². The Balaban J connectivity index is 1.48. The molecular weight excluding hydrogens is 438 g/mol. The van der Waals surface area contributed by atoms with Crippen molar-refractivity contribution in [3.63, 3.8) is 0 Å². The molecule has 1 unspecified atom stereocenters. The van der Waals surface area contributed by atoms with E-state index in [9.17, 15) is 4.79 Å². The van der Waals surface area contributed by atoms with E-state index in [1.54, 1.807) is 33.5 Å². The molecule has 180 valence electrons. The zero-order valence-corrected chi connectivity index (χ0v) is 19.9. The summed E-state index contributed by atoms with van der Waals surface area (Å²) in [6.07, 6.45) is 4.06. The predicted molar refractivity (Wildman–Crippen MR) is 125 cm³/mol. The largest absolute Gasteiger partial charge is 0.493 e. The first-order chi connectivity index (χ1) is 16.5. The summed E-state index contributed by atoms with van der Waals surface area (Å²) in [6, 6.07) is 5.50. The average Bonchev–Trinajstić information content (AvgIpc) is 3.47. The molecule has 8 nitrogen and oxygen atoms in total. The number of methoxy groups -OCH3 is 3. The number of fused-ring (bicyclic) bond motifs is 3. The van der Waals surface area contributed by atoms with Crippen molar-refractivity contribution in [1.29, 1.82) is 0 Å². The summed E-state index contributed by atoms with van der Waals surface area (Å²) in [7, 11) is 4.65. The monoisotopic (exact) mass is 467 g/mol. The van der Waals surface area contributed by atoms with Crippen molar-refractivity contribution < 1.29 is 33.2 Å². The van der Waals surface area contributed by atoms with Gasteiger partial charge in [-0.25, -0.2) is 0 Å². The van der Waals surface area contributed by atoms with Crippen molar-refractivity contribution in [2.45, 2.75) is 32.4 Å². The van der Waals surface area contributed by atoms with Crippen LogP contribution in [0.2, 0.25) is 0 Å². The molecule has 1 fully saturated rings. The molecule has 2 aromatic rings. The minimum Gasteiger partial charge on any atom is -0.493 e. The van der Waals surface area contributed by atoms with Crippen LogP contribution in [0.3, 0.4) is 0 Å². The molecule has 5 rings (SSSR count). The molecule has 0 saturated carbocycles. The maximum absolute atomic E-state index is 13.4. The molecule has 1 saturated heterocycles. The van der Waals surface area contributed by atoms with Crippen LogP contribution in [-0.4, -0.2) is 58.0 Å². The Morgan fingerprint density at radius 1 is 1.15 bits per heavy atom. The highest BCUT2D eigenvalue weighted by Gasteiger charge is 2.36. The van der Waals surface area contributed by atoms with Crippen LogP contribution in [0.4, 0.5) is 0 Å². The molecule has 8 heteroatoms. The van der Waals surface area contributed by atoms with Gasteiger partial charge in [-0.3, -0.25) is 9.69 Å². The van der Waals surface area contributed by atoms with Crippen LogP contribution < -0.4 is 23.7 Å². The lowest BCUT2D eigenvalue weighted by Gasteiger charge is -2.31. The van der Waals surface area contributed by atoms with Gasteiger partial charge in [0.05, 0.1) is 38.6 Å². The van der Waals surface area contributed by atoms with Crippen LogP contribution in [0.15, 0.2) is 24.0 Å². The van der Waals surface area contributed by atoms with Gasteiger partial charge in [0.25, 0.3) is 0 Å². The van der Waals surface area contributed by atoms with Gasteiger partial charge in [-0.15, -0.1) is 0 Å². The maximum Gasteiger partial charge on any atom is 0.232 e. The van der Waals surface area contributed by atoms with Gasteiger partial charge < -0.3 is 28.4 Å². The predicted octanol–water partition coefficient (Wildman–Crippen LogP) is 3.97. The molecule has 0 bridgehead atoms. The molecule has 0 spiro atoms. The Hall–Kier alpha value is -3.23. The fraction of sp³-hybridized carbons (Fsp3) is 0.423. The van der Waals surface area contributed by atoms with Gasteiger partial charge in [-0.1, -0.05) is 0 Å². The second kappa shape index (κ2) is 9.19. The van der Waals surface area contributed by atoms with Crippen LogP contribution in [0.25, 0.3) is 6.08 Å². The second-order valence-electron chi connectivity index (χ2n) is 8.66. The molecule has 0 N–H and O–H groups in total. The van der Waals surface area contributed by atoms with Gasteiger partial charge in [0.2, 0.25) is 11.5 Å². The number of nitrogens with zero attached hydrogens (tertiary/aromatic N) is 1. The highest BCUT2D eigenvalue weighted by atomic mass is 16.5. The number of carbonyl (C=O) groups is 1. The second-order valence-corrected chi connectivity index (χ2v) is 8.66. The van der Waals surface area contributed by atoms with Gasteiger partial charge in [-0.2, -0.15) is 0 Å². The van der Waals surface area contributed by atoms with Crippen LogP contribution in [-0.2, 0) is 11.3 Å². The van der Waals surface area contributed by atoms with Crippen molar-refractivity contribution >= 4 is 11.9 Å². The van der Waals surface area contributed by atoms with Crippen molar-refractivity contribution in [3.8, 4) is 28.7 Å². The zero-order valence-electron chi connectivity index (χ0n) is 19.9. The van der Waals surface area contributed by atoms with Crippen molar-refractivity contribution in [2.24, 2.45) is 0 Å². The van der Waals surface area contributed by atoms with Crippen molar-refractivity contribution in [2.75, 3.05) is 41.2 Å². The van der Waals surface area contributed by atoms with E-state index in [0.717, 1.165) is 42.9 Å². The number of hydrogen-bond donors (Lipinski definition) is 0. The summed E-state index contributed by atoms with van der Waals surface area (Å²) < 4.78 is 34.4. The third kappa shape index (κ3) is 3.86. The Bertz CT molecular complexity index is 1150. The van der Waals surface area contributed by atoms with E-state index >= 15 is 0 Å². The van der Waals surface area contributed by atoms with E-state index in [-0.39, 0.29) is 17.6 Å². The summed E-state index contributed by atoms with van der Waals surface area (Å²) in [5.41, 5.74) is 2.95. The summed E-state index contributed by atoms with van der Waals surface area (Å²) in [5.74, 6) is 2.86. The zero-order chi connectivity index (χ0) is 23.8. The number of benzene rings is 2. The minimum atomic E-state index is -0.164. The molecule has 2 aromatic carbocycles. The highest BCUT2D eigenvalue weighted by molar-refractivity contribution is 6.16. The Kier molecular flexibility index (Phi) is 6.10. The first kappa shape index (κ1) is 22.6. The Labute approximate surface area is 198 Å². The molecule has 0 aliphatic carbocycles. The number of ketones is 1. The first-order valence-corrected chi connectivity index (χ1v) is 11.4. The normalized spacial score (nSPS) is 20.5. The Morgan fingerprint density at radius 3 is 2.68 bits per heavy atom. The smallest absolute Gasteiger partial charge is 0.232 e. The molecule has 3 aliphatic rings. The molecule has 3 heterocycles. The molecule has 34 heavy (non-hydrogen) atoms. The van der Waals surface area contributed by atoms with Crippen LogP contribution in [0.5, 0.6) is 28.7 Å². The molecule has 3 aliphatic heterocycles. The standard InChI is InChI=1S/C26H29NO7/c1-15-10-20-18(13-27(14-33-20)12-17-6-5-9-32-17)25-22(15)23(28)21(34-25)11-16-7-8-19(29-2)26(31-4)24(16)30-3/h7-8,10-11,17H,5-6,9,12-14H2,1-4H3/b21-11-. The number of aryl methyl sites for hydroxylation is 1. The van der Waals surface area contributed by atoms with Crippen LogP contribution in [0.1, 0.15) is 39.9 Å². The van der Waals surface area contributed by atoms with E-state index in [4.69, 9.17) is 28.4 Å². The number of hydrogen-bond acceptors (Lipinski definition) is 8. The van der Waals surface area contributed by atoms with Crippen molar-refractivity contribution in [3.05, 3.63) is 46.2 Å². The van der Waals surface area contributed by atoms with Gasteiger partial charge in [0.15, 0.2) is 17.3 Å². The van der Waals surface area contributed by atoms with Gasteiger partial charge in [-0.05, 0) is 49.6 Å². The summed E-state index contributed by atoms with van der Waals surface area (Å²) in [4.78, 5) is 15.6. The lowest BCUT2D eigenvalue weighted by molar-refractivity contribution is 0.0273. The number of Topliss-reactive ketones (excluding diaryl/α,β-unsaturated/α-hetero) is 1. The van der Waals surface area contributed by atoms with Gasteiger partial charge in [0.1, 0.15) is 18.2 Å². The summed E-state index contributed by atoms with van der Waals surface area (Å²) in [6.45, 7) is 4.64. The number of ether oxygens (including phenoxy) is 6. The number of carbonyl (C=O) groups excluding carboxylic acids is 1. The summed E-state index contributed by atoms with van der Waals surface area (Å²) in [5, 5.41) is 0. The highest BCUT2D eigenvalue weighted by Crippen LogP contribution is 2.45. The third-order valence-electron chi connectivity index (χ3n) is 6.49. The quantitative estimate of drug-likeness (QED) is 0.591. The fourth-order valence-corrected chi connectivity index (χ4v) is 4.85. The topological polar surface area (TPSA) is 75.7 Å². The molecule has 1 atom stereocenters. The molecular formula is C26H29NO7. The maximum atomic E-state index is 13.4. The van der Waals surface area contributed by atoms with Crippen LogP contribution in [0, 0.1) is 6.92 Å². The van der Waals surface area contributed by atoms with Gasteiger partial charge >= 0.3 is 0 Å². The lowest BCUT2D eigenvalue weighted by Crippen LogP contribution is -2.37. The van der Waals surface area contributed by atoms with E-state index in [0.29, 0.717) is 47.4 Å². The summed E-state index contributed by atoms with van der Waals surface area (Å²) >= 11 is 0. The van der Waals surface area contributed by atoms with E-state index in [2.05, 4.69) is 4.90 Å². The molecule has 0 aromatic heterocycles.